The summed E-state index contributed by atoms with van der Waals surface area (Å²) >= 11 is 1.92. The number of thioether (sulfide) groups is 1. The largest absolute Gasteiger partial charge is 0.395 e. The maximum atomic E-state index is 12.9. The maximum Gasteiger partial charge on any atom is 0.206 e. The topological polar surface area (TPSA) is 73.1 Å². The molecule has 0 aromatic heterocycles. The SMILES string of the molecule is N#CC1=C(NCCO)c2ccc(SC3CCCCC3)c3cccc(c23)C1=O. The predicted molar refractivity (Wildman–Crippen MR) is 109 cm³/mol. The van der Waals surface area contributed by atoms with Gasteiger partial charge in [-0.15, -0.1) is 11.8 Å². The van der Waals surface area contributed by atoms with Crippen LogP contribution in [0.25, 0.3) is 16.5 Å². The molecule has 0 saturated heterocycles. The van der Waals surface area contributed by atoms with Crippen LogP contribution in [0.4, 0.5) is 0 Å². The molecular weight excluding hydrogens is 356 g/mol. The van der Waals surface area contributed by atoms with Gasteiger partial charge in [0.25, 0.3) is 0 Å². The van der Waals surface area contributed by atoms with Gasteiger partial charge in [-0.05, 0) is 24.3 Å². The Morgan fingerprint density at radius 3 is 2.70 bits per heavy atom. The zero-order valence-electron chi connectivity index (χ0n) is 15.1. The highest BCUT2D eigenvalue weighted by atomic mass is 32.2. The summed E-state index contributed by atoms with van der Waals surface area (Å²) in [4.78, 5) is 14.1. The molecule has 0 aliphatic heterocycles. The molecule has 2 aliphatic rings. The van der Waals surface area contributed by atoms with E-state index < -0.39 is 0 Å². The number of ketones is 1. The van der Waals surface area contributed by atoms with Crippen molar-refractivity contribution in [2.45, 2.75) is 42.2 Å². The van der Waals surface area contributed by atoms with Gasteiger partial charge in [-0.3, -0.25) is 4.79 Å². The molecule has 0 unspecified atom stereocenters. The van der Waals surface area contributed by atoms with E-state index in [1.807, 2.05) is 30.0 Å². The lowest BCUT2D eigenvalue weighted by Crippen LogP contribution is -2.23. The van der Waals surface area contributed by atoms with Gasteiger partial charge in [-0.1, -0.05) is 43.5 Å². The van der Waals surface area contributed by atoms with Gasteiger partial charge in [0.2, 0.25) is 5.78 Å². The average molecular weight is 378 g/mol. The van der Waals surface area contributed by atoms with Gasteiger partial charge >= 0.3 is 0 Å². The van der Waals surface area contributed by atoms with Crippen molar-refractivity contribution in [1.29, 1.82) is 5.26 Å². The summed E-state index contributed by atoms with van der Waals surface area (Å²) in [5.74, 6) is -0.240. The van der Waals surface area contributed by atoms with Crippen LogP contribution in [0.1, 0.15) is 48.0 Å². The summed E-state index contributed by atoms with van der Waals surface area (Å²) < 4.78 is 0. The number of rotatable bonds is 5. The normalized spacial score (nSPS) is 17.3. The van der Waals surface area contributed by atoms with Crippen LogP contribution in [0.15, 0.2) is 40.8 Å². The minimum Gasteiger partial charge on any atom is -0.395 e. The molecule has 0 radical (unpaired) electrons. The first-order valence-electron chi connectivity index (χ1n) is 9.51. The van der Waals surface area contributed by atoms with Crippen LogP contribution in [-0.2, 0) is 0 Å². The van der Waals surface area contributed by atoms with Crippen molar-refractivity contribution in [3.63, 3.8) is 0 Å². The van der Waals surface area contributed by atoms with Crippen LogP contribution in [-0.4, -0.2) is 29.3 Å². The highest BCUT2D eigenvalue weighted by Gasteiger charge is 2.29. The number of nitrogens with one attached hydrogen (secondary N) is 1. The van der Waals surface area contributed by atoms with E-state index in [1.54, 1.807) is 0 Å². The molecule has 1 saturated carbocycles. The first kappa shape index (κ1) is 18.1. The molecule has 27 heavy (non-hydrogen) atoms. The number of carbonyl (C=O) groups excluding carboxylic acids is 1. The second-order valence-corrected chi connectivity index (χ2v) is 8.40. The monoisotopic (exact) mass is 378 g/mol. The van der Waals surface area contributed by atoms with E-state index in [4.69, 9.17) is 0 Å². The number of Topliss-reactive ketones (excluding diaryl/α,β-unsaturated/α-hetero) is 1. The van der Waals surface area contributed by atoms with E-state index in [-0.39, 0.29) is 18.0 Å². The number of allylic oxidation sites excluding steroid dienone is 1. The van der Waals surface area contributed by atoms with E-state index in [0.717, 1.165) is 16.3 Å². The minimum atomic E-state index is -0.240. The Morgan fingerprint density at radius 2 is 1.96 bits per heavy atom. The minimum absolute atomic E-state index is 0.0587. The van der Waals surface area contributed by atoms with Crippen molar-refractivity contribution in [1.82, 2.24) is 5.32 Å². The quantitative estimate of drug-likeness (QED) is 0.812. The lowest BCUT2D eigenvalue weighted by Gasteiger charge is -2.25. The van der Waals surface area contributed by atoms with Crippen LogP contribution < -0.4 is 5.32 Å². The number of aliphatic hydroxyl groups excluding tert-OH is 1. The van der Waals surface area contributed by atoms with Gasteiger partial charge in [0, 0.05) is 33.2 Å². The zero-order chi connectivity index (χ0) is 18.8. The molecule has 5 heteroatoms. The van der Waals surface area contributed by atoms with E-state index in [1.165, 1.54) is 37.0 Å². The Bertz CT molecular complexity index is 968. The molecule has 2 aliphatic carbocycles. The number of carbonyl (C=O) groups is 1. The van der Waals surface area contributed by atoms with Gasteiger partial charge in [-0.2, -0.15) is 5.26 Å². The second kappa shape index (κ2) is 7.75. The standard InChI is InChI=1S/C22H22N2O2S/c23-13-18-21(24-11-12-25)16-9-10-19(27-14-5-2-1-3-6-14)15-7-4-8-17(20(15)16)22(18)26/h4,7-10,14,24-25H,1-3,5-6,11-12H2. The Hall–Kier alpha value is -2.29. The average Bonchev–Trinajstić information content (AvgIpc) is 2.71. The molecule has 1 fully saturated rings. The van der Waals surface area contributed by atoms with Crippen molar-refractivity contribution >= 4 is 34.0 Å². The molecule has 0 amide bonds. The van der Waals surface area contributed by atoms with Crippen LogP contribution >= 0.6 is 11.8 Å². The van der Waals surface area contributed by atoms with E-state index >= 15 is 0 Å². The first-order chi connectivity index (χ1) is 13.2. The van der Waals surface area contributed by atoms with Gasteiger partial charge in [0.05, 0.1) is 12.3 Å². The molecule has 4 nitrogen and oxygen atoms in total. The molecule has 0 atom stereocenters. The summed E-state index contributed by atoms with van der Waals surface area (Å²) in [5.41, 5.74) is 2.13. The highest BCUT2D eigenvalue weighted by molar-refractivity contribution is 8.00. The number of nitriles is 1. The molecule has 2 aromatic rings. The summed E-state index contributed by atoms with van der Waals surface area (Å²) in [6.07, 6.45) is 6.40. The second-order valence-electron chi connectivity index (χ2n) is 7.06. The number of hydrogen-bond acceptors (Lipinski definition) is 5. The van der Waals surface area contributed by atoms with E-state index in [9.17, 15) is 15.2 Å². The van der Waals surface area contributed by atoms with Crippen molar-refractivity contribution in [3.05, 3.63) is 47.0 Å². The zero-order valence-corrected chi connectivity index (χ0v) is 15.9. The van der Waals surface area contributed by atoms with E-state index in [2.05, 4.69) is 23.5 Å². The van der Waals surface area contributed by atoms with Crippen molar-refractivity contribution in [2.75, 3.05) is 13.2 Å². The molecule has 2 N–H and O–H groups in total. The smallest absolute Gasteiger partial charge is 0.206 e. The molecule has 0 spiro atoms. The fraction of sp³-hybridized carbons (Fsp3) is 0.364. The fourth-order valence-electron chi connectivity index (χ4n) is 4.10. The summed E-state index contributed by atoms with van der Waals surface area (Å²) in [7, 11) is 0. The van der Waals surface area contributed by atoms with Crippen LogP contribution in [0.5, 0.6) is 0 Å². The third-order valence-electron chi connectivity index (χ3n) is 5.36. The molecule has 138 valence electrons. The maximum absolute atomic E-state index is 12.9. The number of benzene rings is 2. The fourth-order valence-corrected chi connectivity index (χ4v) is 5.47. The lowest BCUT2D eigenvalue weighted by molar-refractivity contribution is 0.104. The molecular formula is C22H22N2O2S. The van der Waals surface area contributed by atoms with Crippen molar-refractivity contribution in [3.8, 4) is 6.07 Å². The third-order valence-corrected chi connectivity index (χ3v) is 6.78. The highest BCUT2D eigenvalue weighted by Crippen LogP contribution is 2.42. The van der Waals surface area contributed by atoms with Gasteiger partial charge in [0.1, 0.15) is 11.6 Å². The van der Waals surface area contributed by atoms with Crippen molar-refractivity contribution in [2.24, 2.45) is 0 Å². The Labute approximate surface area is 163 Å². The van der Waals surface area contributed by atoms with E-state index in [0.29, 0.717) is 23.1 Å². The molecule has 4 rings (SSSR count). The number of hydrogen-bond donors (Lipinski definition) is 2. The Morgan fingerprint density at radius 1 is 1.15 bits per heavy atom. The van der Waals surface area contributed by atoms with Gasteiger partial charge in [0.15, 0.2) is 0 Å². The van der Waals surface area contributed by atoms with Gasteiger partial charge in [-0.25, -0.2) is 0 Å². The number of nitrogens with zero attached hydrogens (tertiary/aromatic N) is 1. The predicted octanol–water partition coefficient (Wildman–Crippen LogP) is 4.28. The Balaban J connectivity index is 1.84. The number of aliphatic hydroxyl groups is 1. The summed E-state index contributed by atoms with van der Waals surface area (Å²) in [5, 5.41) is 24.4. The molecule has 0 heterocycles. The summed E-state index contributed by atoms with van der Waals surface area (Å²) in [6, 6.07) is 12.0. The van der Waals surface area contributed by atoms with Crippen molar-refractivity contribution < 1.29 is 9.90 Å². The van der Waals surface area contributed by atoms with Gasteiger partial charge < -0.3 is 10.4 Å². The molecule has 2 aromatic carbocycles. The van der Waals surface area contributed by atoms with Crippen LogP contribution in [0, 0.1) is 11.3 Å². The third kappa shape index (κ3) is 3.24. The summed E-state index contributed by atoms with van der Waals surface area (Å²) in [6.45, 7) is 0.243. The Kier molecular flexibility index (Phi) is 5.20. The first-order valence-corrected chi connectivity index (χ1v) is 10.4. The molecule has 0 bridgehead atoms. The van der Waals surface area contributed by atoms with Crippen LogP contribution in [0.3, 0.4) is 0 Å². The van der Waals surface area contributed by atoms with Crippen LogP contribution in [0.2, 0.25) is 0 Å². The lowest BCUT2D eigenvalue weighted by atomic mass is 9.86.